The summed E-state index contributed by atoms with van der Waals surface area (Å²) in [7, 11) is 0. The molecular weight excluding hydrogens is 152 g/mol. The van der Waals surface area contributed by atoms with Gasteiger partial charge in [-0.1, -0.05) is 20.3 Å². The van der Waals surface area contributed by atoms with Gasteiger partial charge in [-0.2, -0.15) is 0 Å². The third kappa shape index (κ3) is 6.16. The van der Waals surface area contributed by atoms with Crippen LogP contribution in [0.15, 0.2) is 0 Å². The van der Waals surface area contributed by atoms with Crippen molar-refractivity contribution in [2.75, 3.05) is 13.1 Å². The summed E-state index contributed by atoms with van der Waals surface area (Å²) < 4.78 is 0. The van der Waals surface area contributed by atoms with Gasteiger partial charge in [-0.25, -0.2) is 0 Å². The Kier molecular flexibility index (Phi) is 6.76. The lowest BCUT2D eigenvalue weighted by Gasteiger charge is -2.07. The number of rotatable bonds is 6. The molecule has 0 saturated heterocycles. The van der Waals surface area contributed by atoms with Crippen LogP contribution in [0.25, 0.3) is 0 Å². The molecule has 0 fully saturated rings. The summed E-state index contributed by atoms with van der Waals surface area (Å²) in [4.78, 5) is 10.7. The summed E-state index contributed by atoms with van der Waals surface area (Å²) in [6.45, 7) is 5.28. The van der Waals surface area contributed by atoms with E-state index in [4.69, 9.17) is 5.73 Å². The molecule has 0 saturated carbocycles. The van der Waals surface area contributed by atoms with E-state index in [9.17, 15) is 4.79 Å². The third-order valence-corrected chi connectivity index (χ3v) is 2.08. The molecule has 0 aliphatic heterocycles. The molecule has 0 bridgehead atoms. The summed E-state index contributed by atoms with van der Waals surface area (Å²) in [5.41, 5.74) is 5.13. The van der Waals surface area contributed by atoms with Gasteiger partial charge in [0, 0.05) is 6.54 Å². The number of hydrogen-bond acceptors (Lipinski definition) is 2. The molecule has 3 N–H and O–H groups in total. The quantitative estimate of drug-likeness (QED) is 0.584. The second-order valence-corrected chi connectivity index (χ2v) is 3.21. The molecule has 72 valence electrons. The van der Waals surface area contributed by atoms with Gasteiger partial charge < -0.3 is 11.1 Å². The van der Waals surface area contributed by atoms with E-state index in [-0.39, 0.29) is 12.5 Å². The fourth-order valence-electron chi connectivity index (χ4n) is 0.955. The largest absolute Gasteiger partial charge is 0.355 e. The Labute approximate surface area is 74.7 Å². The minimum absolute atomic E-state index is 0.0563. The smallest absolute Gasteiger partial charge is 0.233 e. The van der Waals surface area contributed by atoms with Crippen molar-refractivity contribution in [1.29, 1.82) is 0 Å². The summed E-state index contributed by atoms with van der Waals surface area (Å²) in [6.07, 6.45) is 3.45. The molecule has 0 aliphatic rings. The van der Waals surface area contributed by atoms with Gasteiger partial charge in [-0.05, 0) is 18.8 Å². The van der Waals surface area contributed by atoms with Crippen molar-refractivity contribution in [3.8, 4) is 0 Å². The Morgan fingerprint density at radius 1 is 1.58 bits per heavy atom. The van der Waals surface area contributed by atoms with Crippen molar-refractivity contribution in [3.63, 3.8) is 0 Å². The van der Waals surface area contributed by atoms with Crippen LogP contribution in [0, 0.1) is 5.92 Å². The standard InChI is InChI=1S/C9H20N2O/c1-3-8(2)5-4-6-11-9(12)7-10/h8H,3-7,10H2,1-2H3,(H,11,12). The van der Waals surface area contributed by atoms with Gasteiger partial charge >= 0.3 is 0 Å². The molecule has 0 aromatic rings. The average Bonchev–Trinajstić information content (AvgIpc) is 2.11. The van der Waals surface area contributed by atoms with Gasteiger partial charge in [0.25, 0.3) is 0 Å². The molecule has 3 nitrogen and oxygen atoms in total. The highest BCUT2D eigenvalue weighted by atomic mass is 16.1. The van der Waals surface area contributed by atoms with Crippen molar-refractivity contribution in [2.24, 2.45) is 11.7 Å². The predicted octanol–water partition coefficient (Wildman–Crippen LogP) is 0.888. The second kappa shape index (κ2) is 7.10. The zero-order chi connectivity index (χ0) is 9.40. The van der Waals surface area contributed by atoms with Gasteiger partial charge in [0.15, 0.2) is 0 Å². The number of carbonyl (C=O) groups is 1. The Morgan fingerprint density at radius 3 is 2.75 bits per heavy atom. The van der Waals surface area contributed by atoms with Crippen LogP contribution < -0.4 is 11.1 Å². The molecule has 0 radical (unpaired) electrons. The lowest BCUT2D eigenvalue weighted by atomic mass is 10.0. The van der Waals surface area contributed by atoms with Crippen LogP contribution in [0.3, 0.4) is 0 Å². The SMILES string of the molecule is CCC(C)CCCNC(=O)CN. The highest BCUT2D eigenvalue weighted by Crippen LogP contribution is 2.07. The van der Waals surface area contributed by atoms with Crippen molar-refractivity contribution in [1.82, 2.24) is 5.32 Å². The maximum Gasteiger partial charge on any atom is 0.233 e. The summed E-state index contributed by atoms with van der Waals surface area (Å²) in [5.74, 6) is 0.707. The van der Waals surface area contributed by atoms with Gasteiger partial charge in [0.1, 0.15) is 0 Å². The van der Waals surface area contributed by atoms with E-state index in [1.807, 2.05) is 0 Å². The molecule has 1 amide bonds. The minimum Gasteiger partial charge on any atom is -0.355 e. The highest BCUT2D eigenvalue weighted by Gasteiger charge is 1.99. The van der Waals surface area contributed by atoms with E-state index in [0.717, 1.165) is 18.9 Å². The Balaban J connectivity index is 3.15. The van der Waals surface area contributed by atoms with Gasteiger partial charge in [0.05, 0.1) is 6.54 Å². The Hall–Kier alpha value is -0.570. The van der Waals surface area contributed by atoms with Crippen LogP contribution in [0.5, 0.6) is 0 Å². The molecule has 3 heteroatoms. The van der Waals surface area contributed by atoms with Crippen molar-refractivity contribution in [2.45, 2.75) is 33.1 Å². The van der Waals surface area contributed by atoms with E-state index < -0.39 is 0 Å². The number of hydrogen-bond donors (Lipinski definition) is 2. The third-order valence-electron chi connectivity index (χ3n) is 2.08. The fraction of sp³-hybridized carbons (Fsp3) is 0.889. The normalized spacial score (nSPS) is 12.6. The summed E-state index contributed by atoms with van der Waals surface area (Å²) >= 11 is 0. The van der Waals surface area contributed by atoms with Crippen LogP contribution >= 0.6 is 0 Å². The monoisotopic (exact) mass is 172 g/mol. The molecule has 0 aromatic heterocycles. The molecule has 12 heavy (non-hydrogen) atoms. The minimum atomic E-state index is -0.0563. The number of carbonyl (C=O) groups excluding carboxylic acids is 1. The molecule has 1 unspecified atom stereocenters. The van der Waals surface area contributed by atoms with E-state index in [1.54, 1.807) is 0 Å². The first-order chi connectivity index (χ1) is 5.70. The van der Waals surface area contributed by atoms with Crippen molar-refractivity contribution in [3.05, 3.63) is 0 Å². The maximum absolute atomic E-state index is 10.7. The van der Waals surface area contributed by atoms with Gasteiger partial charge in [-0.15, -0.1) is 0 Å². The first-order valence-electron chi connectivity index (χ1n) is 4.67. The van der Waals surface area contributed by atoms with Crippen LogP contribution in [-0.4, -0.2) is 19.0 Å². The molecule has 0 rings (SSSR count). The fourth-order valence-corrected chi connectivity index (χ4v) is 0.955. The Bertz CT molecular complexity index is 126. The lowest BCUT2D eigenvalue weighted by Crippen LogP contribution is -2.31. The van der Waals surface area contributed by atoms with E-state index >= 15 is 0 Å². The number of nitrogens with one attached hydrogen (secondary N) is 1. The van der Waals surface area contributed by atoms with Crippen molar-refractivity contribution >= 4 is 5.91 Å². The second-order valence-electron chi connectivity index (χ2n) is 3.21. The van der Waals surface area contributed by atoms with Crippen LogP contribution in [0.1, 0.15) is 33.1 Å². The molecule has 0 aromatic carbocycles. The number of amides is 1. The molecule has 0 aliphatic carbocycles. The summed E-state index contributed by atoms with van der Waals surface area (Å²) in [5, 5.41) is 2.75. The number of nitrogens with two attached hydrogens (primary N) is 1. The first-order valence-corrected chi connectivity index (χ1v) is 4.67. The van der Waals surface area contributed by atoms with Gasteiger partial charge in [0.2, 0.25) is 5.91 Å². The lowest BCUT2D eigenvalue weighted by molar-refractivity contribution is -0.119. The summed E-state index contributed by atoms with van der Waals surface area (Å²) in [6, 6.07) is 0. The zero-order valence-electron chi connectivity index (χ0n) is 8.10. The van der Waals surface area contributed by atoms with Crippen LogP contribution in [0.4, 0.5) is 0 Å². The van der Waals surface area contributed by atoms with Crippen molar-refractivity contribution < 1.29 is 4.79 Å². The molecule has 1 atom stereocenters. The highest BCUT2D eigenvalue weighted by molar-refractivity contribution is 5.77. The van der Waals surface area contributed by atoms with Crippen LogP contribution in [-0.2, 0) is 4.79 Å². The molecule has 0 spiro atoms. The first kappa shape index (κ1) is 11.4. The average molecular weight is 172 g/mol. The van der Waals surface area contributed by atoms with Gasteiger partial charge in [-0.3, -0.25) is 4.79 Å². The Morgan fingerprint density at radius 2 is 2.25 bits per heavy atom. The van der Waals surface area contributed by atoms with E-state index in [0.29, 0.717) is 0 Å². The van der Waals surface area contributed by atoms with E-state index in [2.05, 4.69) is 19.2 Å². The topological polar surface area (TPSA) is 55.1 Å². The van der Waals surface area contributed by atoms with Crippen LogP contribution in [0.2, 0.25) is 0 Å². The maximum atomic E-state index is 10.7. The molecular formula is C9H20N2O. The zero-order valence-corrected chi connectivity index (χ0v) is 8.10. The van der Waals surface area contributed by atoms with E-state index in [1.165, 1.54) is 12.8 Å². The molecule has 0 heterocycles. The predicted molar refractivity (Wildman–Crippen MR) is 50.8 cm³/mol.